The molecule has 11 heteroatoms. The van der Waals surface area contributed by atoms with Crippen LogP contribution in [-0.4, -0.2) is 39.6 Å². The van der Waals surface area contributed by atoms with Gasteiger partial charge in [0, 0.05) is 23.8 Å². The first-order valence-corrected chi connectivity index (χ1v) is 13.9. The van der Waals surface area contributed by atoms with E-state index in [1.54, 1.807) is 18.2 Å². The molecule has 3 aromatic carbocycles. The van der Waals surface area contributed by atoms with E-state index in [0.717, 1.165) is 11.8 Å². The number of rotatable bonds is 7. The molecule has 180 valence electrons. The van der Waals surface area contributed by atoms with Crippen LogP contribution in [0.5, 0.6) is 0 Å². The summed E-state index contributed by atoms with van der Waals surface area (Å²) in [5.41, 5.74) is 2.43. The summed E-state index contributed by atoms with van der Waals surface area (Å²) in [6, 6.07) is 20.1. The number of sulfone groups is 1. The lowest BCUT2D eigenvalue weighted by Crippen LogP contribution is -2.16. The van der Waals surface area contributed by atoms with Crippen molar-refractivity contribution >= 4 is 42.2 Å². The summed E-state index contributed by atoms with van der Waals surface area (Å²) in [5.74, 6) is 0.416. The van der Waals surface area contributed by atoms with Crippen LogP contribution < -0.4 is 4.72 Å². The number of sulfonamides is 1. The number of hydrogen-bond acceptors (Lipinski definition) is 7. The van der Waals surface area contributed by atoms with Crippen molar-refractivity contribution in [1.29, 1.82) is 0 Å². The average molecular weight is 512 g/mol. The van der Waals surface area contributed by atoms with Crippen LogP contribution in [0.15, 0.2) is 88.8 Å². The van der Waals surface area contributed by atoms with Gasteiger partial charge in [0.25, 0.3) is 10.0 Å². The summed E-state index contributed by atoms with van der Waals surface area (Å²) in [6.45, 7) is 0. The molecule has 1 aliphatic rings. The fraction of sp³-hybridized carbons (Fsp3) is 0.125. The predicted molar refractivity (Wildman–Crippen MR) is 131 cm³/mol. The fourth-order valence-corrected chi connectivity index (χ4v) is 6.48. The Morgan fingerprint density at radius 3 is 2.40 bits per heavy atom. The average Bonchev–Trinajstić information content (AvgIpc) is 3.45. The van der Waals surface area contributed by atoms with Crippen LogP contribution in [0, 0.1) is 0 Å². The van der Waals surface area contributed by atoms with Gasteiger partial charge in [-0.1, -0.05) is 42.5 Å². The van der Waals surface area contributed by atoms with E-state index in [9.17, 15) is 16.8 Å². The van der Waals surface area contributed by atoms with Gasteiger partial charge >= 0.3 is 0 Å². The molecule has 1 aliphatic heterocycles. The number of H-pyrrole nitrogens is 1. The van der Waals surface area contributed by atoms with Crippen molar-refractivity contribution < 1.29 is 26.3 Å². The molecule has 35 heavy (non-hydrogen) atoms. The third-order valence-corrected chi connectivity index (χ3v) is 8.14. The van der Waals surface area contributed by atoms with Crippen LogP contribution in [0.1, 0.15) is 11.3 Å². The van der Waals surface area contributed by atoms with Gasteiger partial charge in [-0.05, 0) is 35.9 Å². The zero-order valence-corrected chi connectivity index (χ0v) is 20.1. The molecule has 0 saturated carbocycles. The summed E-state index contributed by atoms with van der Waals surface area (Å²) in [7, 11) is -7.94. The maximum atomic E-state index is 13.0. The first-order valence-electron chi connectivity index (χ1n) is 10.6. The third-order valence-electron chi connectivity index (χ3n) is 5.42. The molecular weight excluding hydrogens is 490 g/mol. The monoisotopic (exact) mass is 511 g/mol. The van der Waals surface area contributed by atoms with Crippen LogP contribution in [-0.2, 0) is 35.8 Å². The lowest BCUT2D eigenvalue weighted by atomic mass is 10.1. The number of nitrogens with zero attached hydrogens (tertiary/aromatic N) is 1. The van der Waals surface area contributed by atoms with Crippen molar-refractivity contribution in [2.45, 2.75) is 22.5 Å². The molecule has 5 rings (SSSR count). The lowest BCUT2D eigenvalue weighted by Gasteiger charge is -2.12. The molecule has 2 N–H and O–H groups in total. The van der Waals surface area contributed by atoms with Gasteiger partial charge in [0.15, 0.2) is 15.6 Å². The normalized spacial score (nSPS) is 15.9. The number of benzene rings is 3. The number of anilines is 1. The van der Waals surface area contributed by atoms with Crippen LogP contribution in [0.25, 0.3) is 16.7 Å². The molecule has 0 spiro atoms. The van der Waals surface area contributed by atoms with Crippen LogP contribution in [0.3, 0.4) is 0 Å². The number of aromatic amines is 1. The topological polar surface area (TPSA) is 127 Å². The van der Waals surface area contributed by atoms with E-state index < -0.39 is 26.2 Å². The number of hydrogen-bond donors (Lipinski definition) is 2. The number of nitrogens with one attached hydrogen (secondary N) is 2. The van der Waals surface area contributed by atoms with Crippen molar-refractivity contribution in [2.24, 2.45) is 0 Å². The fourth-order valence-electron chi connectivity index (χ4n) is 3.80. The van der Waals surface area contributed by atoms with Gasteiger partial charge in [-0.25, -0.2) is 16.8 Å². The SMILES string of the molecule is CS(=O)(=O)c1ccccc1S(=O)(=O)Nc1ccc2[nH]nc(C3=COC(Cc4ccccc4)O3)c2c1. The Morgan fingerprint density at radius 2 is 1.66 bits per heavy atom. The maximum absolute atomic E-state index is 13.0. The predicted octanol–water partition coefficient (Wildman–Crippen LogP) is 3.68. The van der Waals surface area contributed by atoms with Gasteiger partial charge in [0.05, 0.1) is 10.4 Å². The Labute approximate surface area is 202 Å². The van der Waals surface area contributed by atoms with Crippen molar-refractivity contribution in [3.8, 4) is 0 Å². The largest absolute Gasteiger partial charge is 0.458 e. The highest BCUT2D eigenvalue weighted by molar-refractivity contribution is 7.95. The quantitative estimate of drug-likeness (QED) is 0.387. The standard InChI is InChI=1S/C24H21N3O6S2/c1-34(28,29)21-9-5-6-10-22(21)35(30,31)27-17-11-12-19-18(14-17)24(26-25-19)20-15-32-23(33-20)13-16-7-3-2-4-8-16/h2-12,14-15,23,27H,13H2,1H3,(H,25,26). The Hall–Kier alpha value is -3.83. The molecule has 2 heterocycles. The number of fused-ring (bicyclic) bond motifs is 1. The van der Waals surface area contributed by atoms with E-state index in [0.29, 0.717) is 28.8 Å². The van der Waals surface area contributed by atoms with E-state index in [4.69, 9.17) is 9.47 Å². The van der Waals surface area contributed by atoms with Gasteiger partial charge in [0.1, 0.15) is 16.9 Å². The lowest BCUT2D eigenvalue weighted by molar-refractivity contribution is -0.0137. The van der Waals surface area contributed by atoms with Crippen molar-refractivity contribution in [3.05, 3.63) is 90.3 Å². The van der Waals surface area contributed by atoms with E-state index in [-0.39, 0.29) is 15.5 Å². The van der Waals surface area contributed by atoms with Crippen LogP contribution in [0.4, 0.5) is 5.69 Å². The Balaban J connectivity index is 1.41. The van der Waals surface area contributed by atoms with Gasteiger partial charge in [-0.3, -0.25) is 9.82 Å². The first-order chi connectivity index (χ1) is 16.7. The molecule has 0 saturated heterocycles. The van der Waals surface area contributed by atoms with Gasteiger partial charge in [-0.15, -0.1) is 0 Å². The molecule has 0 bridgehead atoms. The first kappa shape index (κ1) is 22.9. The van der Waals surface area contributed by atoms with Crippen molar-refractivity contribution in [2.75, 3.05) is 11.0 Å². The number of aromatic nitrogens is 2. The summed E-state index contributed by atoms with van der Waals surface area (Å²) in [5, 5.41) is 7.81. The second-order valence-electron chi connectivity index (χ2n) is 8.01. The minimum atomic E-state index is -4.18. The van der Waals surface area contributed by atoms with Gasteiger partial charge in [0.2, 0.25) is 6.29 Å². The Bertz CT molecular complexity index is 1650. The molecule has 4 aromatic rings. The minimum Gasteiger partial charge on any atom is -0.458 e. The van der Waals surface area contributed by atoms with Crippen molar-refractivity contribution in [1.82, 2.24) is 10.2 Å². The molecule has 0 radical (unpaired) electrons. The second kappa shape index (κ2) is 8.75. The second-order valence-corrected chi connectivity index (χ2v) is 11.6. The van der Waals surface area contributed by atoms with E-state index in [2.05, 4.69) is 14.9 Å². The minimum absolute atomic E-state index is 0.240. The Kier molecular flexibility index (Phi) is 5.73. The summed E-state index contributed by atoms with van der Waals surface area (Å²) in [4.78, 5) is -0.599. The summed E-state index contributed by atoms with van der Waals surface area (Å²) in [6.07, 6.45) is 2.50. The molecule has 1 atom stereocenters. The molecule has 1 unspecified atom stereocenters. The third kappa shape index (κ3) is 4.73. The highest BCUT2D eigenvalue weighted by atomic mass is 32.2. The van der Waals surface area contributed by atoms with Crippen LogP contribution in [0.2, 0.25) is 0 Å². The molecule has 0 aliphatic carbocycles. The maximum Gasteiger partial charge on any atom is 0.263 e. The van der Waals surface area contributed by atoms with E-state index in [1.165, 1.54) is 30.5 Å². The van der Waals surface area contributed by atoms with E-state index >= 15 is 0 Å². The highest BCUT2D eigenvalue weighted by Crippen LogP contribution is 2.32. The highest BCUT2D eigenvalue weighted by Gasteiger charge is 2.26. The van der Waals surface area contributed by atoms with Gasteiger partial charge in [-0.2, -0.15) is 5.10 Å². The van der Waals surface area contributed by atoms with E-state index in [1.807, 2.05) is 30.3 Å². The zero-order chi connectivity index (χ0) is 24.6. The summed E-state index contributed by atoms with van der Waals surface area (Å²) >= 11 is 0. The zero-order valence-electron chi connectivity index (χ0n) is 18.5. The Morgan fingerprint density at radius 1 is 0.943 bits per heavy atom. The van der Waals surface area contributed by atoms with Crippen LogP contribution >= 0.6 is 0 Å². The molecule has 9 nitrogen and oxygen atoms in total. The molecule has 0 amide bonds. The smallest absolute Gasteiger partial charge is 0.263 e. The molecule has 1 aromatic heterocycles. The number of ether oxygens (including phenoxy) is 2. The van der Waals surface area contributed by atoms with Crippen molar-refractivity contribution in [3.63, 3.8) is 0 Å². The van der Waals surface area contributed by atoms with Gasteiger partial charge < -0.3 is 9.47 Å². The molecule has 0 fully saturated rings. The summed E-state index contributed by atoms with van der Waals surface area (Å²) < 4.78 is 64.3. The molecular formula is C24H21N3O6S2.